The van der Waals surface area contributed by atoms with E-state index in [4.69, 9.17) is 0 Å². The molecule has 5 rings (SSSR count). The van der Waals surface area contributed by atoms with E-state index < -0.39 is 11.9 Å². The van der Waals surface area contributed by atoms with E-state index in [1.54, 1.807) is 6.20 Å². The van der Waals surface area contributed by atoms with Gasteiger partial charge in [0.25, 0.3) is 0 Å². The number of carbonyl (C=O) groups is 1. The van der Waals surface area contributed by atoms with E-state index in [1.807, 2.05) is 6.07 Å². The maximum absolute atomic E-state index is 13.0. The summed E-state index contributed by atoms with van der Waals surface area (Å²) in [6, 6.07) is 4.28. The molecular weight excluding hydrogens is 415 g/mol. The van der Waals surface area contributed by atoms with Gasteiger partial charge < -0.3 is 10.6 Å². The van der Waals surface area contributed by atoms with Crippen LogP contribution in [0.1, 0.15) is 35.7 Å². The molecule has 2 fully saturated rings. The Bertz CT molecular complexity index is 981. The summed E-state index contributed by atoms with van der Waals surface area (Å²) in [4.78, 5) is 20.8. The molecule has 3 unspecified atom stereocenters. The van der Waals surface area contributed by atoms with E-state index in [2.05, 4.69) is 25.3 Å². The highest BCUT2D eigenvalue weighted by Gasteiger charge is 2.50. The minimum absolute atomic E-state index is 0.0121. The Balaban J connectivity index is 1.38. The van der Waals surface area contributed by atoms with Gasteiger partial charge in [0.15, 0.2) is 0 Å². The van der Waals surface area contributed by atoms with Crippen LogP contribution in [0.15, 0.2) is 30.6 Å². The van der Waals surface area contributed by atoms with Crippen molar-refractivity contribution in [1.29, 1.82) is 0 Å². The monoisotopic (exact) mass is 435 g/mol. The number of alkyl halides is 3. The van der Waals surface area contributed by atoms with Gasteiger partial charge >= 0.3 is 6.18 Å². The molecule has 3 N–H and O–H groups in total. The number of pyridine rings is 2. The lowest BCUT2D eigenvalue weighted by atomic mass is 9.84. The zero-order valence-corrected chi connectivity index (χ0v) is 16.7. The number of hydrogen-bond donors (Lipinski definition) is 3. The third-order valence-corrected chi connectivity index (χ3v) is 7.07. The van der Waals surface area contributed by atoms with Crippen molar-refractivity contribution in [1.82, 2.24) is 14.7 Å². The highest BCUT2D eigenvalue weighted by atomic mass is 32.2. The second-order valence-corrected chi connectivity index (χ2v) is 8.85. The summed E-state index contributed by atoms with van der Waals surface area (Å²) in [5, 5.41) is 5.57. The maximum atomic E-state index is 13.0. The van der Waals surface area contributed by atoms with E-state index in [-0.39, 0.29) is 28.8 Å². The molecule has 158 valence electrons. The first-order chi connectivity index (χ1) is 14.4. The summed E-state index contributed by atoms with van der Waals surface area (Å²) in [5.41, 5.74) is 1.43. The van der Waals surface area contributed by atoms with Crippen LogP contribution in [0.2, 0.25) is 0 Å². The van der Waals surface area contributed by atoms with Gasteiger partial charge in [-0.1, -0.05) is 11.9 Å². The number of nitrogens with zero attached hydrogens (tertiary/aromatic N) is 2. The third kappa shape index (κ3) is 3.62. The predicted octanol–water partition coefficient (Wildman–Crippen LogP) is 3.79. The summed E-state index contributed by atoms with van der Waals surface area (Å²) in [6.45, 7) is 0.848. The standard InChI is InChI=1S/C20H20F3N5OS/c21-20(22,23)14-9-11(3-6-24-14)27-19(29)17-15(10-1-2-10)16(28-30-17)12-4-7-25-18-13(12)5-8-26-18/h3-4,6-7,9-10,15-17,28H,1-2,5,8H2,(H,25,26)(H,24,27,29). The second-order valence-electron chi connectivity index (χ2n) is 7.87. The molecule has 6 nitrogen and oxygen atoms in total. The topological polar surface area (TPSA) is 78.9 Å². The van der Waals surface area contributed by atoms with Crippen molar-refractivity contribution in [2.75, 3.05) is 17.2 Å². The van der Waals surface area contributed by atoms with E-state index in [0.717, 1.165) is 49.5 Å². The first kappa shape index (κ1) is 19.6. The number of carbonyl (C=O) groups excluding carboxylic acids is 1. The van der Waals surface area contributed by atoms with E-state index >= 15 is 0 Å². The minimum Gasteiger partial charge on any atom is -0.370 e. The van der Waals surface area contributed by atoms with Gasteiger partial charge in [0.05, 0.1) is 0 Å². The van der Waals surface area contributed by atoms with Gasteiger partial charge in [0, 0.05) is 42.1 Å². The van der Waals surface area contributed by atoms with Gasteiger partial charge in [-0.25, -0.2) is 4.98 Å². The summed E-state index contributed by atoms with van der Waals surface area (Å²) < 4.78 is 42.2. The van der Waals surface area contributed by atoms with Crippen LogP contribution in [0.3, 0.4) is 0 Å². The number of anilines is 2. The number of amides is 1. The van der Waals surface area contributed by atoms with Crippen LogP contribution in [-0.4, -0.2) is 27.7 Å². The zero-order chi connectivity index (χ0) is 20.9. The summed E-state index contributed by atoms with van der Waals surface area (Å²) >= 11 is 1.36. The van der Waals surface area contributed by atoms with Gasteiger partial charge in [0.2, 0.25) is 5.91 Å². The number of hydrogen-bond acceptors (Lipinski definition) is 6. The number of fused-ring (bicyclic) bond motifs is 1. The average molecular weight is 435 g/mol. The van der Waals surface area contributed by atoms with Crippen LogP contribution in [-0.2, 0) is 17.4 Å². The fourth-order valence-electron chi connectivity index (χ4n) is 4.37. The van der Waals surface area contributed by atoms with Crippen LogP contribution in [0.4, 0.5) is 24.7 Å². The number of aromatic nitrogens is 2. The summed E-state index contributed by atoms with van der Waals surface area (Å²) in [6.07, 6.45) is 1.31. The predicted molar refractivity (Wildman–Crippen MR) is 108 cm³/mol. The molecule has 1 saturated carbocycles. The molecular formula is C20H20F3N5OS. The molecule has 0 bridgehead atoms. The summed E-state index contributed by atoms with van der Waals surface area (Å²) in [7, 11) is 0. The molecule has 0 radical (unpaired) electrons. The summed E-state index contributed by atoms with van der Waals surface area (Å²) in [5.74, 6) is 1.12. The fraction of sp³-hybridized carbons (Fsp3) is 0.450. The molecule has 1 aliphatic carbocycles. The van der Waals surface area contributed by atoms with Gasteiger partial charge in [-0.05, 0) is 48.9 Å². The van der Waals surface area contributed by atoms with Crippen LogP contribution in [0.5, 0.6) is 0 Å². The third-order valence-electron chi connectivity index (χ3n) is 5.89. The van der Waals surface area contributed by atoms with Gasteiger partial charge in [0.1, 0.15) is 16.8 Å². The molecule has 2 aliphatic heterocycles. The molecule has 3 atom stereocenters. The fourth-order valence-corrected chi connectivity index (χ4v) is 5.65. The number of rotatable bonds is 4. The molecule has 0 spiro atoms. The molecule has 1 saturated heterocycles. The zero-order valence-electron chi connectivity index (χ0n) is 15.9. The van der Waals surface area contributed by atoms with Gasteiger partial charge in [-0.15, -0.1) is 0 Å². The Kier molecular flexibility index (Phi) is 4.85. The first-order valence-electron chi connectivity index (χ1n) is 9.89. The lowest BCUT2D eigenvalue weighted by molar-refractivity contribution is -0.141. The van der Waals surface area contributed by atoms with Crippen molar-refractivity contribution >= 4 is 29.4 Å². The van der Waals surface area contributed by atoms with Crippen LogP contribution in [0.25, 0.3) is 0 Å². The quantitative estimate of drug-likeness (QED) is 0.635. The Labute approximate surface area is 175 Å². The molecule has 30 heavy (non-hydrogen) atoms. The highest BCUT2D eigenvalue weighted by Crippen LogP contribution is 2.52. The van der Waals surface area contributed by atoms with Crippen LogP contribution in [0, 0.1) is 11.8 Å². The molecule has 2 aromatic heterocycles. The van der Waals surface area contributed by atoms with Crippen molar-refractivity contribution in [3.05, 3.63) is 47.4 Å². The lowest BCUT2D eigenvalue weighted by Gasteiger charge is -2.24. The van der Waals surface area contributed by atoms with E-state index in [9.17, 15) is 18.0 Å². The Morgan fingerprint density at radius 2 is 2.00 bits per heavy atom. The van der Waals surface area contributed by atoms with Crippen molar-refractivity contribution < 1.29 is 18.0 Å². The molecule has 0 aromatic carbocycles. The van der Waals surface area contributed by atoms with Crippen molar-refractivity contribution in [3.8, 4) is 0 Å². The normalized spacial score (nSPS) is 25.6. The largest absolute Gasteiger partial charge is 0.433 e. The molecule has 3 aliphatic rings. The van der Waals surface area contributed by atoms with Crippen LogP contribution >= 0.6 is 11.9 Å². The van der Waals surface area contributed by atoms with Crippen molar-refractivity contribution in [3.63, 3.8) is 0 Å². The average Bonchev–Trinajstić information content (AvgIpc) is 3.26. The lowest BCUT2D eigenvalue weighted by Crippen LogP contribution is -2.32. The smallest absolute Gasteiger partial charge is 0.370 e. The van der Waals surface area contributed by atoms with Crippen LogP contribution < -0.4 is 15.4 Å². The Hall–Kier alpha value is -2.33. The van der Waals surface area contributed by atoms with Crippen molar-refractivity contribution in [2.24, 2.45) is 11.8 Å². The highest BCUT2D eigenvalue weighted by molar-refractivity contribution is 7.99. The Morgan fingerprint density at radius 1 is 1.20 bits per heavy atom. The molecule has 2 aromatic rings. The first-order valence-corrected chi connectivity index (χ1v) is 10.8. The molecule has 4 heterocycles. The Morgan fingerprint density at radius 3 is 2.77 bits per heavy atom. The molecule has 10 heteroatoms. The molecule has 1 amide bonds. The van der Waals surface area contributed by atoms with Crippen molar-refractivity contribution in [2.45, 2.75) is 36.7 Å². The van der Waals surface area contributed by atoms with E-state index in [0.29, 0.717) is 5.92 Å². The minimum atomic E-state index is -4.55. The number of halogens is 3. The van der Waals surface area contributed by atoms with E-state index in [1.165, 1.54) is 23.6 Å². The second kappa shape index (κ2) is 7.42. The maximum Gasteiger partial charge on any atom is 0.433 e. The van der Waals surface area contributed by atoms with Gasteiger partial charge in [-0.2, -0.15) is 13.2 Å². The van der Waals surface area contributed by atoms with Gasteiger partial charge in [-0.3, -0.25) is 14.5 Å². The number of nitrogens with one attached hydrogen (secondary N) is 3. The SMILES string of the molecule is O=C(Nc1ccnc(C(F)(F)F)c1)C1SNC(c2ccnc3c2CCN3)C1C1CC1.